The fraction of sp³-hybridized carbons (Fsp3) is 0.167. The number of rotatable bonds is 2. The lowest BCUT2D eigenvalue weighted by atomic mass is 10.0. The van der Waals surface area contributed by atoms with Crippen molar-refractivity contribution in [3.8, 4) is 0 Å². The summed E-state index contributed by atoms with van der Waals surface area (Å²) in [5.74, 6) is 0. The third-order valence-electron chi connectivity index (χ3n) is 2.39. The average Bonchev–Trinajstić information content (AvgIpc) is 2.74. The molecule has 16 heavy (non-hydrogen) atoms. The van der Waals surface area contributed by atoms with Crippen molar-refractivity contribution in [1.29, 1.82) is 0 Å². The van der Waals surface area contributed by atoms with Gasteiger partial charge in [0.15, 0.2) is 0 Å². The van der Waals surface area contributed by atoms with Gasteiger partial charge in [0.25, 0.3) is 0 Å². The van der Waals surface area contributed by atoms with Gasteiger partial charge in [-0.3, -0.25) is 0 Å². The third kappa shape index (κ3) is 2.77. The number of hydrogen-bond acceptors (Lipinski definition) is 2. The molecule has 1 nitrogen and oxygen atoms in total. The van der Waals surface area contributed by atoms with E-state index in [0.717, 1.165) is 16.1 Å². The molecule has 4 heteroatoms. The Hall–Kier alpha value is -0.540. The van der Waals surface area contributed by atoms with Gasteiger partial charge in [0.2, 0.25) is 0 Å². The van der Waals surface area contributed by atoms with E-state index in [4.69, 9.17) is 17.3 Å². The summed E-state index contributed by atoms with van der Waals surface area (Å²) in [5, 5.41) is 2.83. The minimum absolute atomic E-state index is 0. The van der Waals surface area contributed by atoms with Crippen LogP contribution in [-0.2, 0) is 0 Å². The molecule has 0 radical (unpaired) electrons. The zero-order chi connectivity index (χ0) is 10.8. The van der Waals surface area contributed by atoms with E-state index in [-0.39, 0.29) is 18.4 Å². The SMILES string of the molecule is Cc1cc([C@H](N)c2cccs2)ccc1Cl.Cl. The summed E-state index contributed by atoms with van der Waals surface area (Å²) < 4.78 is 0. The van der Waals surface area contributed by atoms with Gasteiger partial charge in [-0.25, -0.2) is 0 Å². The van der Waals surface area contributed by atoms with E-state index >= 15 is 0 Å². The van der Waals surface area contributed by atoms with Crippen LogP contribution in [0.2, 0.25) is 5.02 Å². The van der Waals surface area contributed by atoms with Gasteiger partial charge in [-0.05, 0) is 35.6 Å². The van der Waals surface area contributed by atoms with Crippen molar-refractivity contribution in [1.82, 2.24) is 0 Å². The smallest absolute Gasteiger partial charge is 0.0646 e. The zero-order valence-electron chi connectivity index (χ0n) is 8.81. The molecule has 86 valence electrons. The van der Waals surface area contributed by atoms with Crippen molar-refractivity contribution >= 4 is 35.3 Å². The predicted molar refractivity (Wildman–Crippen MR) is 73.8 cm³/mol. The number of thiophene rings is 1. The van der Waals surface area contributed by atoms with Crippen molar-refractivity contribution in [3.63, 3.8) is 0 Å². The molecule has 0 saturated heterocycles. The Balaban J connectivity index is 0.00000128. The number of halogens is 2. The normalized spacial score (nSPS) is 11.9. The molecule has 0 bridgehead atoms. The van der Waals surface area contributed by atoms with Crippen molar-refractivity contribution in [3.05, 3.63) is 56.7 Å². The molecule has 0 spiro atoms. The second-order valence-electron chi connectivity index (χ2n) is 3.50. The van der Waals surface area contributed by atoms with Crippen LogP contribution in [-0.4, -0.2) is 0 Å². The highest BCUT2D eigenvalue weighted by molar-refractivity contribution is 7.10. The summed E-state index contributed by atoms with van der Waals surface area (Å²) in [6.07, 6.45) is 0. The molecule has 0 saturated carbocycles. The molecule has 1 heterocycles. The lowest BCUT2D eigenvalue weighted by Gasteiger charge is -2.11. The second-order valence-corrected chi connectivity index (χ2v) is 4.89. The molecular weight excluding hydrogens is 261 g/mol. The first-order chi connectivity index (χ1) is 7.18. The first kappa shape index (κ1) is 13.5. The fourth-order valence-corrected chi connectivity index (χ4v) is 2.37. The van der Waals surface area contributed by atoms with Crippen LogP contribution in [0.5, 0.6) is 0 Å². The van der Waals surface area contributed by atoms with Crippen LogP contribution in [0, 0.1) is 6.92 Å². The average molecular weight is 274 g/mol. The Morgan fingerprint density at radius 2 is 2.06 bits per heavy atom. The standard InChI is InChI=1S/C12H12ClNS.ClH/c1-8-7-9(4-5-10(8)13)12(14)11-3-2-6-15-11;/h2-7,12H,14H2,1H3;1H/t12-;/m0./s1. The lowest BCUT2D eigenvalue weighted by Crippen LogP contribution is -2.10. The van der Waals surface area contributed by atoms with Gasteiger partial charge in [-0.15, -0.1) is 23.7 Å². The van der Waals surface area contributed by atoms with Crippen LogP contribution in [0.15, 0.2) is 35.7 Å². The molecule has 0 aliphatic rings. The summed E-state index contributed by atoms with van der Waals surface area (Å²) in [6, 6.07) is 9.97. The van der Waals surface area contributed by atoms with Gasteiger partial charge >= 0.3 is 0 Å². The predicted octanol–water partition coefficient (Wildman–Crippen LogP) is 4.18. The van der Waals surface area contributed by atoms with Gasteiger partial charge in [0.05, 0.1) is 6.04 Å². The fourth-order valence-electron chi connectivity index (χ4n) is 1.49. The van der Waals surface area contributed by atoms with Crippen molar-refractivity contribution < 1.29 is 0 Å². The maximum absolute atomic E-state index is 6.15. The Bertz CT molecular complexity index is 454. The summed E-state index contributed by atoms with van der Waals surface area (Å²) in [4.78, 5) is 1.18. The summed E-state index contributed by atoms with van der Waals surface area (Å²) in [7, 11) is 0. The molecule has 0 aliphatic carbocycles. The molecule has 0 amide bonds. The zero-order valence-corrected chi connectivity index (χ0v) is 11.2. The topological polar surface area (TPSA) is 26.0 Å². The Morgan fingerprint density at radius 1 is 1.31 bits per heavy atom. The molecule has 0 fully saturated rings. The summed E-state index contributed by atoms with van der Waals surface area (Å²) >= 11 is 7.65. The van der Waals surface area contributed by atoms with E-state index < -0.39 is 0 Å². The number of benzene rings is 1. The lowest BCUT2D eigenvalue weighted by molar-refractivity contribution is 0.891. The first-order valence-corrected chi connectivity index (χ1v) is 5.99. The van der Waals surface area contributed by atoms with Crippen LogP contribution in [0.3, 0.4) is 0 Å². The highest BCUT2D eigenvalue weighted by Crippen LogP contribution is 2.26. The van der Waals surface area contributed by atoms with Crippen LogP contribution in [0.4, 0.5) is 0 Å². The molecule has 2 aromatic rings. The monoisotopic (exact) mass is 273 g/mol. The molecular formula is C12H13Cl2NS. The van der Waals surface area contributed by atoms with E-state index in [0.29, 0.717) is 0 Å². The van der Waals surface area contributed by atoms with Gasteiger partial charge in [-0.1, -0.05) is 29.8 Å². The maximum atomic E-state index is 6.15. The van der Waals surface area contributed by atoms with E-state index in [2.05, 4.69) is 6.07 Å². The van der Waals surface area contributed by atoms with Gasteiger partial charge in [0, 0.05) is 9.90 Å². The Kier molecular flexibility index (Phi) is 4.81. The molecule has 0 aliphatic heterocycles. The third-order valence-corrected chi connectivity index (χ3v) is 3.77. The molecule has 2 N–H and O–H groups in total. The highest BCUT2D eigenvalue weighted by atomic mass is 35.5. The van der Waals surface area contributed by atoms with E-state index in [1.54, 1.807) is 11.3 Å². The number of nitrogens with two attached hydrogens (primary N) is 1. The second kappa shape index (κ2) is 5.69. The molecule has 2 rings (SSSR count). The van der Waals surface area contributed by atoms with Crippen LogP contribution < -0.4 is 5.73 Å². The largest absolute Gasteiger partial charge is 0.320 e. The Morgan fingerprint density at radius 3 is 2.62 bits per heavy atom. The maximum Gasteiger partial charge on any atom is 0.0646 e. The van der Waals surface area contributed by atoms with Crippen molar-refractivity contribution in [2.24, 2.45) is 5.73 Å². The quantitative estimate of drug-likeness (QED) is 0.873. The molecule has 1 atom stereocenters. The van der Waals surface area contributed by atoms with Gasteiger partial charge < -0.3 is 5.73 Å². The van der Waals surface area contributed by atoms with Crippen LogP contribution in [0.1, 0.15) is 22.0 Å². The van der Waals surface area contributed by atoms with Gasteiger partial charge in [0.1, 0.15) is 0 Å². The van der Waals surface area contributed by atoms with Gasteiger partial charge in [-0.2, -0.15) is 0 Å². The number of aryl methyl sites for hydroxylation is 1. The van der Waals surface area contributed by atoms with E-state index in [1.807, 2.05) is 36.6 Å². The number of hydrogen-bond donors (Lipinski definition) is 1. The molecule has 0 unspecified atom stereocenters. The Labute approximate surface area is 111 Å². The molecule has 1 aromatic heterocycles. The first-order valence-electron chi connectivity index (χ1n) is 4.73. The van der Waals surface area contributed by atoms with E-state index in [9.17, 15) is 0 Å². The minimum atomic E-state index is -0.0408. The van der Waals surface area contributed by atoms with Crippen molar-refractivity contribution in [2.45, 2.75) is 13.0 Å². The molecule has 1 aromatic carbocycles. The van der Waals surface area contributed by atoms with Crippen LogP contribution in [0.25, 0.3) is 0 Å². The van der Waals surface area contributed by atoms with Crippen LogP contribution >= 0.6 is 35.3 Å². The minimum Gasteiger partial charge on any atom is -0.320 e. The summed E-state index contributed by atoms with van der Waals surface area (Å²) in [6.45, 7) is 1.99. The summed E-state index contributed by atoms with van der Waals surface area (Å²) in [5.41, 5.74) is 8.33. The van der Waals surface area contributed by atoms with E-state index in [1.165, 1.54) is 4.88 Å². The van der Waals surface area contributed by atoms with Crippen molar-refractivity contribution in [2.75, 3.05) is 0 Å². The highest BCUT2D eigenvalue weighted by Gasteiger charge is 2.10.